The third-order valence-electron chi connectivity index (χ3n) is 5.04. The smallest absolute Gasteiger partial charge is 0.267 e. The summed E-state index contributed by atoms with van der Waals surface area (Å²) < 4.78 is 17.9. The lowest BCUT2D eigenvalue weighted by atomic mass is 10.1. The molecule has 174 valence electrons. The summed E-state index contributed by atoms with van der Waals surface area (Å²) in [6.07, 6.45) is 3.47. The summed E-state index contributed by atoms with van der Waals surface area (Å²) in [7, 11) is 6.27. The molecule has 1 aromatic heterocycles. The van der Waals surface area contributed by atoms with Gasteiger partial charge in [0.2, 0.25) is 5.75 Å². The minimum Gasteiger partial charge on any atom is -0.493 e. The minimum atomic E-state index is -0.542. The largest absolute Gasteiger partial charge is 0.493 e. The summed E-state index contributed by atoms with van der Waals surface area (Å²) in [5, 5.41) is 15.3. The molecule has 33 heavy (non-hydrogen) atoms. The Bertz CT molecular complexity index is 1170. The van der Waals surface area contributed by atoms with E-state index in [9.17, 15) is 9.59 Å². The minimum absolute atomic E-state index is 0.0264. The van der Waals surface area contributed by atoms with Gasteiger partial charge in [-0.15, -0.1) is 0 Å². The Hall–Kier alpha value is -3.98. The lowest BCUT2D eigenvalue weighted by Gasteiger charge is -2.15. The Morgan fingerprint density at radius 2 is 1.73 bits per heavy atom. The monoisotopic (exact) mass is 453 g/mol. The molecule has 0 saturated carbocycles. The number of benzene rings is 2. The van der Waals surface area contributed by atoms with Crippen molar-refractivity contribution in [3.8, 4) is 17.2 Å². The molecular weight excluding hydrogens is 426 g/mol. The van der Waals surface area contributed by atoms with Gasteiger partial charge in [0, 0.05) is 41.8 Å². The van der Waals surface area contributed by atoms with E-state index in [0.29, 0.717) is 17.2 Å². The van der Waals surface area contributed by atoms with E-state index in [1.807, 2.05) is 42.1 Å². The third-order valence-corrected chi connectivity index (χ3v) is 5.04. The number of hydrogen-bond donors (Lipinski definition) is 3. The van der Waals surface area contributed by atoms with Crippen LogP contribution in [0.1, 0.15) is 15.9 Å². The number of carbonyl (C=O) groups is 2. The summed E-state index contributed by atoms with van der Waals surface area (Å²) in [5.74, 6) is -0.0981. The van der Waals surface area contributed by atoms with Gasteiger partial charge in [0.25, 0.3) is 11.8 Å². The molecule has 0 spiro atoms. The maximum atomic E-state index is 13.1. The zero-order chi connectivity index (χ0) is 24.0. The van der Waals surface area contributed by atoms with Crippen molar-refractivity contribution in [2.75, 3.05) is 34.5 Å². The Labute approximate surface area is 191 Å². The van der Waals surface area contributed by atoms with Gasteiger partial charge in [-0.05, 0) is 24.3 Å². The van der Waals surface area contributed by atoms with Crippen LogP contribution in [0.15, 0.2) is 48.3 Å². The highest BCUT2D eigenvalue weighted by Gasteiger charge is 2.20. The molecule has 2 amide bonds. The van der Waals surface area contributed by atoms with Crippen LogP contribution < -0.4 is 24.8 Å². The van der Waals surface area contributed by atoms with Crippen LogP contribution in [0.25, 0.3) is 17.0 Å². The van der Waals surface area contributed by atoms with E-state index in [-0.39, 0.29) is 24.4 Å². The van der Waals surface area contributed by atoms with E-state index in [1.165, 1.54) is 33.5 Å². The van der Waals surface area contributed by atoms with E-state index in [1.54, 1.807) is 6.08 Å². The third kappa shape index (κ3) is 5.09. The number of rotatable bonds is 9. The number of aliphatic hydroxyl groups is 1. The van der Waals surface area contributed by atoms with Crippen LogP contribution in [-0.2, 0) is 11.8 Å². The average molecular weight is 453 g/mol. The number of aromatic nitrogens is 1. The number of nitrogens with one attached hydrogen (secondary N) is 2. The van der Waals surface area contributed by atoms with Gasteiger partial charge in [0.15, 0.2) is 11.5 Å². The summed E-state index contributed by atoms with van der Waals surface area (Å²) in [6, 6.07) is 10.7. The molecule has 9 nitrogen and oxygen atoms in total. The van der Waals surface area contributed by atoms with Crippen molar-refractivity contribution >= 4 is 28.8 Å². The zero-order valence-electron chi connectivity index (χ0n) is 19.0. The number of carbonyl (C=O) groups excluding carboxylic acids is 2. The van der Waals surface area contributed by atoms with E-state index in [0.717, 1.165) is 16.5 Å². The SMILES string of the molecule is COc1cc(C(=O)NC(=Cc2cn(C)c3ccccc23)C(=O)NCCO)cc(OC)c1OC. The van der Waals surface area contributed by atoms with Gasteiger partial charge in [-0.1, -0.05) is 18.2 Å². The van der Waals surface area contributed by atoms with E-state index >= 15 is 0 Å². The quantitative estimate of drug-likeness (QED) is 0.428. The molecule has 0 atom stereocenters. The van der Waals surface area contributed by atoms with E-state index in [2.05, 4.69) is 10.6 Å². The first-order valence-electron chi connectivity index (χ1n) is 10.2. The van der Waals surface area contributed by atoms with Crippen molar-refractivity contribution in [3.63, 3.8) is 0 Å². The Morgan fingerprint density at radius 3 is 2.33 bits per heavy atom. The average Bonchev–Trinajstić information content (AvgIpc) is 3.16. The number of aryl methyl sites for hydroxylation is 1. The van der Waals surface area contributed by atoms with Crippen molar-refractivity contribution in [1.29, 1.82) is 0 Å². The second kappa shape index (κ2) is 10.6. The molecule has 0 radical (unpaired) electrons. The molecule has 0 aliphatic heterocycles. The standard InChI is InChI=1S/C24H27N3O6/c1-27-14-16(17-7-5-6-8-19(17)27)11-18(24(30)25-9-10-28)26-23(29)15-12-20(31-2)22(33-4)21(13-15)32-3/h5-8,11-14,28H,9-10H2,1-4H3,(H,25,30)(H,26,29). The van der Waals surface area contributed by atoms with Gasteiger partial charge < -0.3 is 34.5 Å². The van der Waals surface area contributed by atoms with Crippen LogP contribution in [0.4, 0.5) is 0 Å². The van der Waals surface area contributed by atoms with Crippen molar-refractivity contribution in [3.05, 3.63) is 59.4 Å². The van der Waals surface area contributed by atoms with Gasteiger partial charge in [0.1, 0.15) is 5.70 Å². The number of nitrogens with zero attached hydrogens (tertiary/aromatic N) is 1. The molecule has 0 unspecified atom stereocenters. The highest BCUT2D eigenvalue weighted by molar-refractivity contribution is 6.07. The van der Waals surface area contributed by atoms with E-state index in [4.69, 9.17) is 19.3 Å². The number of fused-ring (bicyclic) bond motifs is 1. The molecular formula is C24H27N3O6. The van der Waals surface area contributed by atoms with Crippen LogP contribution in [0.5, 0.6) is 17.2 Å². The second-order valence-electron chi connectivity index (χ2n) is 7.12. The number of para-hydroxylation sites is 1. The Kier molecular flexibility index (Phi) is 7.57. The molecule has 0 aliphatic carbocycles. The number of aliphatic hydroxyl groups excluding tert-OH is 1. The maximum Gasteiger partial charge on any atom is 0.267 e. The molecule has 0 saturated heterocycles. The molecule has 3 aromatic rings. The van der Waals surface area contributed by atoms with E-state index < -0.39 is 11.8 Å². The van der Waals surface area contributed by atoms with Crippen molar-refractivity contribution in [2.24, 2.45) is 7.05 Å². The van der Waals surface area contributed by atoms with Crippen LogP contribution in [0.3, 0.4) is 0 Å². The first-order chi connectivity index (χ1) is 15.9. The fourth-order valence-corrected chi connectivity index (χ4v) is 3.47. The lowest BCUT2D eigenvalue weighted by Crippen LogP contribution is -2.36. The second-order valence-corrected chi connectivity index (χ2v) is 7.12. The maximum absolute atomic E-state index is 13.1. The number of ether oxygens (including phenoxy) is 3. The van der Waals surface area contributed by atoms with Crippen molar-refractivity contribution in [1.82, 2.24) is 15.2 Å². The first kappa shape index (κ1) is 23.7. The topological polar surface area (TPSA) is 111 Å². The predicted molar refractivity (Wildman–Crippen MR) is 125 cm³/mol. The summed E-state index contributed by atoms with van der Waals surface area (Å²) in [6.45, 7) is -0.181. The Balaban J connectivity index is 2.01. The molecule has 2 aromatic carbocycles. The molecule has 3 N–H and O–H groups in total. The van der Waals surface area contributed by atoms with Crippen LogP contribution in [0, 0.1) is 0 Å². The Morgan fingerprint density at radius 1 is 1.06 bits per heavy atom. The van der Waals surface area contributed by atoms with Crippen LogP contribution >= 0.6 is 0 Å². The summed E-state index contributed by atoms with van der Waals surface area (Å²) in [4.78, 5) is 25.9. The van der Waals surface area contributed by atoms with Crippen LogP contribution in [0.2, 0.25) is 0 Å². The van der Waals surface area contributed by atoms with Crippen molar-refractivity contribution < 1.29 is 28.9 Å². The zero-order valence-corrected chi connectivity index (χ0v) is 19.0. The van der Waals surface area contributed by atoms with Crippen molar-refractivity contribution in [2.45, 2.75) is 0 Å². The molecule has 1 heterocycles. The normalized spacial score (nSPS) is 11.2. The fourth-order valence-electron chi connectivity index (χ4n) is 3.47. The van der Waals surface area contributed by atoms with Gasteiger partial charge in [0.05, 0.1) is 27.9 Å². The van der Waals surface area contributed by atoms with Gasteiger partial charge in [-0.3, -0.25) is 9.59 Å². The van der Waals surface area contributed by atoms with Gasteiger partial charge >= 0.3 is 0 Å². The summed E-state index contributed by atoms with van der Waals surface area (Å²) >= 11 is 0. The van der Waals surface area contributed by atoms with Gasteiger partial charge in [-0.25, -0.2) is 0 Å². The number of hydrogen-bond acceptors (Lipinski definition) is 6. The summed E-state index contributed by atoms with van der Waals surface area (Å²) in [5.41, 5.74) is 1.98. The van der Waals surface area contributed by atoms with Gasteiger partial charge in [-0.2, -0.15) is 0 Å². The molecule has 0 bridgehead atoms. The molecule has 3 rings (SSSR count). The highest BCUT2D eigenvalue weighted by Crippen LogP contribution is 2.38. The molecule has 0 fully saturated rings. The lowest BCUT2D eigenvalue weighted by molar-refractivity contribution is -0.117. The molecule has 9 heteroatoms. The number of methoxy groups -OCH3 is 3. The first-order valence-corrected chi connectivity index (χ1v) is 10.2. The predicted octanol–water partition coefficient (Wildman–Crippen LogP) is 2.08. The number of amides is 2. The van der Waals surface area contributed by atoms with Crippen LogP contribution in [-0.4, -0.2) is 56.0 Å². The fraction of sp³-hybridized carbons (Fsp3) is 0.250. The highest BCUT2D eigenvalue weighted by atomic mass is 16.5. The molecule has 0 aliphatic rings.